The third-order valence-electron chi connectivity index (χ3n) is 3.29. The summed E-state index contributed by atoms with van der Waals surface area (Å²) in [7, 11) is 0. The van der Waals surface area contributed by atoms with Crippen molar-refractivity contribution in [1.29, 1.82) is 0 Å². The third-order valence-corrected chi connectivity index (χ3v) is 3.29. The van der Waals surface area contributed by atoms with Crippen LogP contribution in [-0.2, 0) is 6.54 Å². The van der Waals surface area contributed by atoms with Gasteiger partial charge in [0.1, 0.15) is 5.82 Å². The van der Waals surface area contributed by atoms with Gasteiger partial charge in [-0.25, -0.2) is 4.98 Å². The van der Waals surface area contributed by atoms with E-state index >= 15 is 0 Å². The molecule has 0 radical (unpaired) electrons. The Morgan fingerprint density at radius 2 is 2.19 bits per heavy atom. The highest BCUT2D eigenvalue weighted by Crippen LogP contribution is 2.19. The Morgan fingerprint density at radius 3 is 2.81 bits per heavy atom. The van der Waals surface area contributed by atoms with E-state index in [0.29, 0.717) is 18.3 Å². The summed E-state index contributed by atoms with van der Waals surface area (Å²) in [5.41, 5.74) is 6.92. The van der Waals surface area contributed by atoms with E-state index < -0.39 is 0 Å². The van der Waals surface area contributed by atoms with Crippen molar-refractivity contribution in [3.05, 3.63) is 23.9 Å². The number of nitrogen functional groups attached to an aromatic ring is 1. The molecule has 2 rings (SSSR count). The molecule has 3 N–H and O–H groups in total. The highest BCUT2D eigenvalue weighted by atomic mass is 16.3. The van der Waals surface area contributed by atoms with Gasteiger partial charge in [-0.2, -0.15) is 0 Å². The number of likely N-dealkylation sites (tertiary alicyclic amines) is 1. The first-order chi connectivity index (χ1) is 7.79. The standard InChI is InChI=1S/C12H19N3O/c13-12-11(2-1-5-14-12)8-15-6-3-10(9-16)4-7-15/h1-2,5,10,16H,3-4,6-9H2,(H2,13,14). The van der Waals surface area contributed by atoms with Gasteiger partial charge < -0.3 is 10.8 Å². The van der Waals surface area contributed by atoms with Crippen LogP contribution in [0.1, 0.15) is 18.4 Å². The van der Waals surface area contributed by atoms with Crippen LogP contribution in [-0.4, -0.2) is 34.7 Å². The Balaban J connectivity index is 1.89. The minimum atomic E-state index is 0.322. The zero-order valence-corrected chi connectivity index (χ0v) is 9.47. The van der Waals surface area contributed by atoms with Crippen molar-refractivity contribution in [2.75, 3.05) is 25.4 Å². The summed E-state index contributed by atoms with van der Waals surface area (Å²) in [6.07, 6.45) is 3.88. The molecule has 0 amide bonds. The minimum Gasteiger partial charge on any atom is -0.396 e. The van der Waals surface area contributed by atoms with Gasteiger partial charge in [0.25, 0.3) is 0 Å². The van der Waals surface area contributed by atoms with Crippen LogP contribution in [0.5, 0.6) is 0 Å². The van der Waals surface area contributed by atoms with Crippen LogP contribution < -0.4 is 5.73 Å². The maximum absolute atomic E-state index is 9.06. The zero-order valence-electron chi connectivity index (χ0n) is 9.47. The number of nitrogens with two attached hydrogens (primary N) is 1. The maximum atomic E-state index is 9.06. The van der Waals surface area contributed by atoms with Crippen LogP contribution in [0.15, 0.2) is 18.3 Å². The number of nitrogens with zero attached hydrogens (tertiary/aromatic N) is 2. The summed E-state index contributed by atoms with van der Waals surface area (Å²) in [4.78, 5) is 6.46. The van der Waals surface area contributed by atoms with Crippen molar-refractivity contribution in [3.8, 4) is 0 Å². The lowest BCUT2D eigenvalue weighted by atomic mass is 9.97. The molecule has 1 aliphatic rings. The molecule has 88 valence electrons. The largest absolute Gasteiger partial charge is 0.396 e. The highest BCUT2D eigenvalue weighted by molar-refractivity contribution is 5.38. The molecular formula is C12H19N3O. The fraction of sp³-hybridized carbons (Fsp3) is 0.583. The number of aliphatic hydroxyl groups is 1. The SMILES string of the molecule is Nc1ncccc1CN1CCC(CO)CC1. The molecule has 4 heteroatoms. The number of hydrogen-bond donors (Lipinski definition) is 2. The first kappa shape index (κ1) is 11.4. The molecule has 0 unspecified atom stereocenters. The van der Waals surface area contributed by atoms with Crippen LogP contribution in [0.2, 0.25) is 0 Å². The average molecular weight is 221 g/mol. The van der Waals surface area contributed by atoms with Gasteiger partial charge in [0.15, 0.2) is 0 Å². The Kier molecular flexibility index (Phi) is 3.74. The molecule has 0 aromatic carbocycles. The molecule has 0 spiro atoms. The van der Waals surface area contributed by atoms with Gasteiger partial charge in [-0.15, -0.1) is 0 Å². The molecule has 1 aliphatic heterocycles. The fourth-order valence-corrected chi connectivity index (χ4v) is 2.15. The predicted octanol–water partition coefficient (Wildman–Crippen LogP) is 0.868. The molecule has 1 saturated heterocycles. The maximum Gasteiger partial charge on any atom is 0.127 e. The second kappa shape index (κ2) is 5.27. The van der Waals surface area contributed by atoms with Gasteiger partial charge in [0, 0.05) is 24.9 Å². The van der Waals surface area contributed by atoms with Crippen LogP contribution in [0.4, 0.5) is 5.82 Å². The van der Waals surface area contributed by atoms with Crippen LogP contribution in [0.25, 0.3) is 0 Å². The number of rotatable bonds is 3. The van der Waals surface area contributed by atoms with Crippen molar-refractivity contribution in [2.24, 2.45) is 5.92 Å². The topological polar surface area (TPSA) is 62.4 Å². The van der Waals surface area contributed by atoms with E-state index in [2.05, 4.69) is 9.88 Å². The fourth-order valence-electron chi connectivity index (χ4n) is 2.15. The van der Waals surface area contributed by atoms with Crippen LogP contribution in [0, 0.1) is 5.92 Å². The number of aromatic nitrogens is 1. The molecule has 0 aliphatic carbocycles. The number of aliphatic hydroxyl groups excluding tert-OH is 1. The molecule has 16 heavy (non-hydrogen) atoms. The highest BCUT2D eigenvalue weighted by Gasteiger charge is 2.18. The average Bonchev–Trinajstić information content (AvgIpc) is 2.33. The molecule has 1 fully saturated rings. The third kappa shape index (κ3) is 2.71. The summed E-state index contributed by atoms with van der Waals surface area (Å²) in [5.74, 6) is 1.12. The second-order valence-electron chi connectivity index (χ2n) is 4.45. The minimum absolute atomic E-state index is 0.322. The van der Waals surface area contributed by atoms with E-state index in [4.69, 9.17) is 10.8 Å². The number of piperidine rings is 1. The molecule has 0 saturated carbocycles. The number of anilines is 1. The monoisotopic (exact) mass is 221 g/mol. The van der Waals surface area contributed by atoms with Crippen molar-refractivity contribution in [1.82, 2.24) is 9.88 Å². The Hall–Kier alpha value is -1.13. The van der Waals surface area contributed by atoms with Crippen LogP contribution >= 0.6 is 0 Å². The lowest BCUT2D eigenvalue weighted by Gasteiger charge is -2.31. The van der Waals surface area contributed by atoms with E-state index in [1.807, 2.05) is 12.1 Å². The van der Waals surface area contributed by atoms with Gasteiger partial charge in [-0.1, -0.05) is 6.07 Å². The molecule has 2 heterocycles. The summed E-state index contributed by atoms with van der Waals surface area (Å²) in [5, 5.41) is 9.06. The predicted molar refractivity (Wildman–Crippen MR) is 63.7 cm³/mol. The lowest BCUT2D eigenvalue weighted by Crippen LogP contribution is -2.34. The van der Waals surface area contributed by atoms with Crippen molar-refractivity contribution in [2.45, 2.75) is 19.4 Å². The van der Waals surface area contributed by atoms with E-state index in [1.165, 1.54) is 0 Å². The molecule has 1 aromatic rings. The van der Waals surface area contributed by atoms with Gasteiger partial charge in [-0.3, -0.25) is 4.90 Å². The number of hydrogen-bond acceptors (Lipinski definition) is 4. The summed E-state index contributed by atoms with van der Waals surface area (Å²) < 4.78 is 0. The Bertz CT molecular complexity index is 335. The van der Waals surface area contributed by atoms with E-state index in [0.717, 1.165) is 38.0 Å². The van der Waals surface area contributed by atoms with E-state index in [9.17, 15) is 0 Å². The Morgan fingerprint density at radius 1 is 1.44 bits per heavy atom. The van der Waals surface area contributed by atoms with Crippen LogP contribution in [0.3, 0.4) is 0 Å². The summed E-state index contributed by atoms with van der Waals surface area (Å²) >= 11 is 0. The molecule has 4 nitrogen and oxygen atoms in total. The van der Waals surface area contributed by atoms with E-state index in [-0.39, 0.29) is 0 Å². The summed E-state index contributed by atoms with van der Waals surface area (Å²) in [6, 6.07) is 3.95. The van der Waals surface area contributed by atoms with Crippen molar-refractivity contribution < 1.29 is 5.11 Å². The second-order valence-corrected chi connectivity index (χ2v) is 4.45. The van der Waals surface area contributed by atoms with E-state index in [1.54, 1.807) is 6.20 Å². The van der Waals surface area contributed by atoms with Gasteiger partial charge in [0.05, 0.1) is 0 Å². The molecule has 1 aromatic heterocycles. The van der Waals surface area contributed by atoms with Gasteiger partial charge in [-0.05, 0) is 37.9 Å². The zero-order chi connectivity index (χ0) is 11.4. The Labute approximate surface area is 96.1 Å². The number of pyridine rings is 1. The van der Waals surface area contributed by atoms with Gasteiger partial charge in [0.2, 0.25) is 0 Å². The first-order valence-corrected chi connectivity index (χ1v) is 5.82. The quantitative estimate of drug-likeness (QED) is 0.795. The summed E-state index contributed by atoms with van der Waals surface area (Å²) in [6.45, 7) is 3.28. The van der Waals surface area contributed by atoms with Crippen molar-refractivity contribution >= 4 is 5.82 Å². The molecule has 0 bridgehead atoms. The smallest absolute Gasteiger partial charge is 0.127 e. The normalized spacial score (nSPS) is 18.8. The molecule has 0 atom stereocenters. The van der Waals surface area contributed by atoms with Crippen molar-refractivity contribution in [3.63, 3.8) is 0 Å². The molecular weight excluding hydrogens is 202 g/mol. The lowest BCUT2D eigenvalue weighted by molar-refractivity contribution is 0.127. The van der Waals surface area contributed by atoms with Gasteiger partial charge >= 0.3 is 0 Å². The first-order valence-electron chi connectivity index (χ1n) is 5.82.